The van der Waals surface area contributed by atoms with Crippen LogP contribution in [0.3, 0.4) is 0 Å². The summed E-state index contributed by atoms with van der Waals surface area (Å²) in [6, 6.07) is 0. The first-order valence-electron chi connectivity index (χ1n) is 6.42. The Kier molecular flexibility index (Phi) is 4.23. The molecule has 0 aliphatic heterocycles. The van der Waals surface area contributed by atoms with E-state index in [1.807, 2.05) is 0 Å². The molecular weight excluding hydrogens is 216 g/mol. The lowest BCUT2D eigenvalue weighted by atomic mass is 9.88. The highest BCUT2D eigenvalue weighted by Crippen LogP contribution is 2.31. The highest BCUT2D eigenvalue weighted by Gasteiger charge is 2.41. The van der Waals surface area contributed by atoms with Crippen molar-refractivity contribution < 1.29 is 4.43 Å². The van der Waals surface area contributed by atoms with Crippen molar-refractivity contribution in [2.24, 2.45) is 5.92 Å². The highest BCUT2D eigenvalue weighted by atomic mass is 29.3. The van der Waals surface area contributed by atoms with Crippen LogP contribution in [0.1, 0.15) is 32.6 Å². The Morgan fingerprint density at radius 2 is 1.47 bits per heavy atom. The predicted octanol–water partition coefficient (Wildman–Crippen LogP) is 4.20. The maximum Gasteiger partial charge on any atom is 0.173 e. The van der Waals surface area contributed by atoms with Gasteiger partial charge in [0.2, 0.25) is 0 Å². The molecule has 0 spiro atoms. The lowest BCUT2D eigenvalue weighted by molar-refractivity contribution is 0.0988. The minimum atomic E-state index is -1.40. The number of hydrogen-bond donors (Lipinski definition) is 0. The van der Waals surface area contributed by atoms with E-state index in [0.29, 0.717) is 6.10 Å². The fourth-order valence-corrected chi connectivity index (χ4v) is 4.99. The SMILES string of the molecule is CC1CCCCC1O[Si](C)(C)[Si](C)(C)C. The first kappa shape index (κ1) is 13.5. The van der Waals surface area contributed by atoms with Crippen LogP contribution in [-0.4, -0.2) is 21.5 Å². The molecule has 1 aliphatic rings. The van der Waals surface area contributed by atoms with E-state index in [2.05, 4.69) is 39.7 Å². The Morgan fingerprint density at radius 1 is 0.933 bits per heavy atom. The summed E-state index contributed by atoms with van der Waals surface area (Å²) < 4.78 is 6.56. The minimum Gasteiger partial charge on any atom is -0.417 e. The lowest BCUT2D eigenvalue weighted by Crippen LogP contribution is -2.57. The van der Waals surface area contributed by atoms with Crippen molar-refractivity contribution in [1.82, 2.24) is 0 Å². The summed E-state index contributed by atoms with van der Waals surface area (Å²) in [5.74, 6) is 0.793. The summed E-state index contributed by atoms with van der Waals surface area (Å²) in [5, 5.41) is 0. The maximum atomic E-state index is 6.56. The van der Waals surface area contributed by atoms with E-state index in [-0.39, 0.29) is 0 Å². The lowest BCUT2D eigenvalue weighted by Gasteiger charge is -2.41. The molecule has 0 heterocycles. The third-order valence-corrected chi connectivity index (χ3v) is 20.0. The van der Waals surface area contributed by atoms with Gasteiger partial charge in [0, 0.05) is 6.10 Å². The summed E-state index contributed by atoms with van der Waals surface area (Å²) in [7, 11) is -2.48. The van der Waals surface area contributed by atoms with Gasteiger partial charge in [-0.3, -0.25) is 0 Å². The second kappa shape index (κ2) is 4.72. The molecule has 2 unspecified atom stereocenters. The van der Waals surface area contributed by atoms with Crippen LogP contribution in [0, 0.1) is 5.92 Å². The van der Waals surface area contributed by atoms with E-state index in [4.69, 9.17) is 4.43 Å². The fraction of sp³-hybridized carbons (Fsp3) is 1.00. The summed E-state index contributed by atoms with van der Waals surface area (Å²) in [4.78, 5) is 0. The fourth-order valence-electron chi connectivity index (χ4n) is 2.01. The van der Waals surface area contributed by atoms with E-state index in [1.165, 1.54) is 25.7 Å². The molecule has 0 radical (unpaired) electrons. The van der Waals surface area contributed by atoms with Crippen molar-refractivity contribution in [3.63, 3.8) is 0 Å². The third-order valence-electron chi connectivity index (χ3n) is 4.28. The van der Waals surface area contributed by atoms with Gasteiger partial charge in [0.15, 0.2) is 7.83 Å². The zero-order chi connectivity index (χ0) is 11.7. The van der Waals surface area contributed by atoms with Gasteiger partial charge in [-0.25, -0.2) is 0 Å². The largest absolute Gasteiger partial charge is 0.417 e. The normalized spacial score (nSPS) is 29.2. The molecule has 1 rings (SSSR count). The van der Waals surface area contributed by atoms with Gasteiger partial charge in [0.05, 0.1) is 7.59 Å². The van der Waals surface area contributed by atoms with Gasteiger partial charge in [0.1, 0.15) is 0 Å². The van der Waals surface area contributed by atoms with Crippen molar-refractivity contribution in [3.05, 3.63) is 0 Å². The van der Waals surface area contributed by atoms with Gasteiger partial charge in [-0.2, -0.15) is 0 Å². The Hall–Kier alpha value is 0.394. The molecule has 0 amide bonds. The molecule has 2 atom stereocenters. The van der Waals surface area contributed by atoms with Crippen LogP contribution in [0.5, 0.6) is 0 Å². The van der Waals surface area contributed by atoms with Crippen LogP contribution in [0.25, 0.3) is 0 Å². The Balaban J connectivity index is 2.59. The van der Waals surface area contributed by atoms with Crippen LogP contribution >= 0.6 is 0 Å². The predicted molar refractivity (Wildman–Crippen MR) is 73.3 cm³/mol. The molecule has 1 fully saturated rings. The molecule has 15 heavy (non-hydrogen) atoms. The first-order chi connectivity index (χ1) is 6.74. The summed E-state index contributed by atoms with van der Waals surface area (Å²) in [5.41, 5.74) is 0. The summed E-state index contributed by atoms with van der Waals surface area (Å²) in [6.07, 6.45) is 6.05. The Labute approximate surface area is 97.5 Å². The van der Waals surface area contributed by atoms with Crippen LogP contribution in [0.2, 0.25) is 32.7 Å². The minimum absolute atomic E-state index is 0.576. The van der Waals surface area contributed by atoms with Crippen molar-refractivity contribution in [2.45, 2.75) is 71.4 Å². The molecule has 1 nitrogen and oxygen atoms in total. The van der Waals surface area contributed by atoms with Gasteiger partial charge in [0.25, 0.3) is 0 Å². The monoisotopic (exact) mass is 244 g/mol. The molecule has 0 bridgehead atoms. The van der Waals surface area contributed by atoms with E-state index < -0.39 is 15.4 Å². The summed E-state index contributed by atoms with van der Waals surface area (Å²) >= 11 is 0. The molecule has 1 saturated carbocycles. The average Bonchev–Trinajstić information content (AvgIpc) is 2.06. The van der Waals surface area contributed by atoms with Gasteiger partial charge >= 0.3 is 0 Å². The van der Waals surface area contributed by atoms with Gasteiger partial charge in [-0.15, -0.1) is 0 Å². The molecule has 0 aromatic heterocycles. The van der Waals surface area contributed by atoms with Gasteiger partial charge in [-0.05, 0) is 31.9 Å². The molecule has 3 heteroatoms. The van der Waals surface area contributed by atoms with E-state index in [1.54, 1.807) is 0 Å². The quantitative estimate of drug-likeness (QED) is 0.676. The Morgan fingerprint density at radius 3 is 1.93 bits per heavy atom. The van der Waals surface area contributed by atoms with Crippen LogP contribution in [-0.2, 0) is 4.43 Å². The molecule has 0 aromatic rings. The first-order valence-corrected chi connectivity index (χ1v) is 13.8. The zero-order valence-electron chi connectivity index (χ0n) is 11.4. The van der Waals surface area contributed by atoms with Gasteiger partial charge in [-0.1, -0.05) is 39.4 Å². The molecule has 1 aliphatic carbocycles. The van der Waals surface area contributed by atoms with E-state index >= 15 is 0 Å². The van der Waals surface area contributed by atoms with Crippen molar-refractivity contribution in [2.75, 3.05) is 0 Å². The number of hydrogen-bond acceptors (Lipinski definition) is 1. The molecule has 0 saturated heterocycles. The molecular formula is C12H28OSi2. The van der Waals surface area contributed by atoms with E-state index in [9.17, 15) is 0 Å². The van der Waals surface area contributed by atoms with Crippen LogP contribution < -0.4 is 0 Å². The van der Waals surface area contributed by atoms with Crippen molar-refractivity contribution in [3.8, 4) is 0 Å². The van der Waals surface area contributed by atoms with Crippen molar-refractivity contribution in [1.29, 1.82) is 0 Å². The molecule has 90 valence electrons. The smallest absolute Gasteiger partial charge is 0.173 e. The second-order valence-electron chi connectivity index (χ2n) is 6.68. The van der Waals surface area contributed by atoms with Crippen LogP contribution in [0.4, 0.5) is 0 Å². The number of rotatable bonds is 3. The van der Waals surface area contributed by atoms with E-state index in [0.717, 1.165) is 5.92 Å². The maximum absolute atomic E-state index is 6.56. The van der Waals surface area contributed by atoms with Gasteiger partial charge < -0.3 is 4.43 Å². The molecule has 0 aromatic carbocycles. The Bertz CT molecular complexity index is 208. The second-order valence-corrected chi connectivity index (χ2v) is 22.5. The molecule has 0 N–H and O–H groups in total. The van der Waals surface area contributed by atoms with Crippen LogP contribution in [0.15, 0.2) is 0 Å². The van der Waals surface area contributed by atoms with Crippen molar-refractivity contribution >= 4 is 15.4 Å². The average molecular weight is 245 g/mol. The standard InChI is InChI=1S/C12H28OSi2/c1-11-9-7-8-10-12(11)13-15(5,6)14(2,3)4/h11-12H,7-10H2,1-6H3. The topological polar surface area (TPSA) is 9.23 Å². The highest BCUT2D eigenvalue weighted by molar-refractivity contribution is 7.37. The third kappa shape index (κ3) is 3.43. The zero-order valence-corrected chi connectivity index (χ0v) is 13.4. The summed E-state index contributed by atoms with van der Waals surface area (Å²) in [6.45, 7) is 14.6.